The summed E-state index contributed by atoms with van der Waals surface area (Å²) in [6.07, 6.45) is -4.62. The summed E-state index contributed by atoms with van der Waals surface area (Å²) < 4.78 is 43.5. The highest BCUT2D eigenvalue weighted by Gasteiger charge is 2.33. The molecule has 10 heteroatoms. The molecule has 2 N–H and O–H groups in total. The van der Waals surface area contributed by atoms with Crippen LogP contribution in [-0.2, 0) is 6.18 Å². The monoisotopic (exact) mass is 396 g/mol. The summed E-state index contributed by atoms with van der Waals surface area (Å²) in [6, 6.07) is 8.96. The molecule has 140 valence electrons. The van der Waals surface area contributed by atoms with Crippen LogP contribution in [0, 0.1) is 6.92 Å². The van der Waals surface area contributed by atoms with Gasteiger partial charge in [0.1, 0.15) is 0 Å². The fourth-order valence-corrected chi connectivity index (χ4v) is 2.46. The van der Waals surface area contributed by atoms with Crippen molar-refractivity contribution in [2.75, 3.05) is 10.6 Å². The molecule has 0 saturated carbocycles. The molecule has 0 aliphatic carbocycles. The first kappa shape index (κ1) is 18.7. The number of urea groups is 1. The van der Waals surface area contributed by atoms with Gasteiger partial charge in [0.2, 0.25) is 11.7 Å². The molecule has 0 aliphatic heterocycles. The Kier molecular flexibility index (Phi) is 5.04. The second-order valence-corrected chi connectivity index (χ2v) is 5.89. The molecule has 0 spiro atoms. The van der Waals surface area contributed by atoms with Gasteiger partial charge in [-0.2, -0.15) is 18.2 Å². The average molecular weight is 397 g/mol. The van der Waals surface area contributed by atoms with Crippen molar-refractivity contribution in [3.8, 4) is 11.4 Å². The molecule has 0 bridgehead atoms. The van der Waals surface area contributed by atoms with Gasteiger partial charge in [0.25, 0.3) is 0 Å². The number of aryl methyl sites for hydroxylation is 1. The highest BCUT2D eigenvalue weighted by molar-refractivity contribution is 6.31. The number of hydrogen-bond donors (Lipinski definition) is 2. The summed E-state index contributed by atoms with van der Waals surface area (Å²) in [5, 5.41) is 8.19. The molecule has 6 nitrogen and oxygen atoms in total. The third kappa shape index (κ3) is 4.56. The molecule has 3 aromatic rings. The minimum atomic E-state index is -4.62. The first-order chi connectivity index (χ1) is 12.7. The van der Waals surface area contributed by atoms with E-state index in [1.54, 1.807) is 31.2 Å². The van der Waals surface area contributed by atoms with E-state index in [4.69, 9.17) is 16.1 Å². The highest BCUT2D eigenvalue weighted by atomic mass is 35.5. The second kappa shape index (κ2) is 7.28. The lowest BCUT2D eigenvalue weighted by atomic mass is 10.2. The Morgan fingerprint density at radius 3 is 2.30 bits per heavy atom. The van der Waals surface area contributed by atoms with E-state index in [9.17, 15) is 18.0 Å². The number of halogens is 4. The fraction of sp³-hybridized carbons (Fsp3) is 0.118. The Morgan fingerprint density at radius 1 is 1.07 bits per heavy atom. The molecule has 0 aliphatic rings. The number of anilines is 2. The van der Waals surface area contributed by atoms with Gasteiger partial charge in [0, 0.05) is 23.9 Å². The van der Waals surface area contributed by atoms with Gasteiger partial charge in [-0.15, -0.1) is 0 Å². The van der Waals surface area contributed by atoms with E-state index in [2.05, 4.69) is 20.8 Å². The van der Waals surface area contributed by atoms with Gasteiger partial charge in [0.15, 0.2) is 0 Å². The second-order valence-electron chi connectivity index (χ2n) is 5.49. The van der Waals surface area contributed by atoms with Crippen molar-refractivity contribution in [2.45, 2.75) is 13.1 Å². The molecular weight excluding hydrogens is 385 g/mol. The Bertz CT molecular complexity index is 971. The van der Waals surface area contributed by atoms with Crippen LogP contribution in [-0.4, -0.2) is 16.2 Å². The van der Waals surface area contributed by atoms with Crippen LogP contribution in [0.1, 0.15) is 11.5 Å². The number of hydrogen-bond acceptors (Lipinski definition) is 4. The third-order valence-corrected chi connectivity index (χ3v) is 3.79. The van der Waals surface area contributed by atoms with Crippen LogP contribution in [0.15, 0.2) is 47.0 Å². The van der Waals surface area contributed by atoms with Crippen LogP contribution in [0.4, 0.5) is 29.3 Å². The number of amides is 2. The molecule has 0 radical (unpaired) electrons. The number of aromatic nitrogens is 2. The van der Waals surface area contributed by atoms with Gasteiger partial charge >= 0.3 is 12.2 Å². The molecule has 2 amide bonds. The SMILES string of the molecule is Cc1nc(-c2ccc(NC(=O)Nc3ccc(Cl)c(C(F)(F)F)c3)cc2)no1. The number of carbonyl (C=O) groups is 1. The standard InChI is InChI=1S/C17H12ClF3N4O2/c1-9-22-15(25-27-9)10-2-4-11(5-3-10)23-16(26)24-12-6-7-14(18)13(8-12)17(19,20)21/h2-8H,1H3,(H2,23,24,26). The van der Waals surface area contributed by atoms with E-state index in [1.807, 2.05) is 0 Å². The number of alkyl halides is 3. The van der Waals surface area contributed by atoms with Crippen LogP contribution >= 0.6 is 11.6 Å². The van der Waals surface area contributed by atoms with Crippen LogP contribution < -0.4 is 10.6 Å². The third-order valence-electron chi connectivity index (χ3n) is 3.46. The zero-order chi connectivity index (χ0) is 19.6. The van der Waals surface area contributed by atoms with Crippen molar-refractivity contribution in [3.63, 3.8) is 0 Å². The van der Waals surface area contributed by atoms with Crippen molar-refractivity contribution >= 4 is 29.0 Å². The maximum absolute atomic E-state index is 12.9. The van der Waals surface area contributed by atoms with E-state index in [0.29, 0.717) is 23.0 Å². The predicted octanol–water partition coefficient (Wildman–Crippen LogP) is 5.36. The first-order valence-electron chi connectivity index (χ1n) is 7.58. The summed E-state index contributed by atoms with van der Waals surface area (Å²) in [6.45, 7) is 1.66. The number of rotatable bonds is 3. The minimum absolute atomic E-state index is 0.0388. The predicted molar refractivity (Wildman–Crippen MR) is 93.6 cm³/mol. The summed E-state index contributed by atoms with van der Waals surface area (Å²) in [5.41, 5.74) is 0.0525. The summed E-state index contributed by atoms with van der Waals surface area (Å²) in [7, 11) is 0. The largest absolute Gasteiger partial charge is 0.417 e. The van der Waals surface area contributed by atoms with Gasteiger partial charge in [-0.05, 0) is 42.5 Å². The van der Waals surface area contributed by atoms with E-state index in [0.717, 1.165) is 12.1 Å². The lowest BCUT2D eigenvalue weighted by Gasteiger charge is -2.12. The lowest BCUT2D eigenvalue weighted by molar-refractivity contribution is -0.137. The fourth-order valence-electron chi connectivity index (χ4n) is 2.23. The quantitative estimate of drug-likeness (QED) is 0.624. The molecule has 0 saturated heterocycles. The normalized spacial score (nSPS) is 11.3. The van der Waals surface area contributed by atoms with Gasteiger partial charge in [0.05, 0.1) is 10.6 Å². The molecule has 1 aromatic heterocycles. The maximum atomic E-state index is 12.9. The zero-order valence-corrected chi connectivity index (χ0v) is 14.5. The van der Waals surface area contributed by atoms with Gasteiger partial charge in [-0.3, -0.25) is 0 Å². The van der Waals surface area contributed by atoms with Gasteiger partial charge in [-0.25, -0.2) is 4.79 Å². The molecule has 0 unspecified atom stereocenters. The molecule has 2 aromatic carbocycles. The van der Waals surface area contributed by atoms with E-state index in [-0.39, 0.29) is 5.69 Å². The molecule has 0 atom stereocenters. The van der Waals surface area contributed by atoms with Crippen LogP contribution in [0.3, 0.4) is 0 Å². The molecule has 3 rings (SSSR count). The first-order valence-corrected chi connectivity index (χ1v) is 7.95. The Labute approximate surface area is 156 Å². The lowest BCUT2D eigenvalue weighted by Crippen LogP contribution is -2.19. The topological polar surface area (TPSA) is 80.0 Å². The summed E-state index contributed by atoms with van der Waals surface area (Å²) in [4.78, 5) is 16.1. The molecule has 0 fully saturated rings. The number of nitrogens with one attached hydrogen (secondary N) is 2. The number of nitrogens with zero attached hydrogens (tertiary/aromatic N) is 2. The van der Waals surface area contributed by atoms with Crippen LogP contribution in [0.25, 0.3) is 11.4 Å². The van der Waals surface area contributed by atoms with E-state index in [1.165, 1.54) is 6.07 Å². The van der Waals surface area contributed by atoms with Gasteiger partial charge in [-0.1, -0.05) is 16.8 Å². The molecule has 27 heavy (non-hydrogen) atoms. The Morgan fingerprint density at radius 2 is 1.70 bits per heavy atom. The minimum Gasteiger partial charge on any atom is -0.339 e. The van der Waals surface area contributed by atoms with Crippen molar-refractivity contribution in [2.24, 2.45) is 0 Å². The smallest absolute Gasteiger partial charge is 0.339 e. The molecule has 1 heterocycles. The van der Waals surface area contributed by atoms with E-state index < -0.39 is 22.8 Å². The summed E-state index contributed by atoms with van der Waals surface area (Å²) >= 11 is 5.55. The Balaban J connectivity index is 1.67. The van der Waals surface area contributed by atoms with Crippen LogP contribution in [0.5, 0.6) is 0 Å². The zero-order valence-electron chi connectivity index (χ0n) is 13.8. The van der Waals surface area contributed by atoms with Crippen molar-refractivity contribution in [1.82, 2.24) is 10.1 Å². The average Bonchev–Trinajstić information content (AvgIpc) is 3.03. The highest BCUT2D eigenvalue weighted by Crippen LogP contribution is 2.36. The van der Waals surface area contributed by atoms with Gasteiger partial charge < -0.3 is 15.2 Å². The number of benzene rings is 2. The number of carbonyl (C=O) groups excluding carboxylic acids is 1. The summed E-state index contributed by atoms with van der Waals surface area (Å²) in [5.74, 6) is 0.831. The van der Waals surface area contributed by atoms with Crippen molar-refractivity contribution in [1.29, 1.82) is 0 Å². The van der Waals surface area contributed by atoms with Crippen molar-refractivity contribution < 1.29 is 22.5 Å². The maximum Gasteiger partial charge on any atom is 0.417 e. The Hall–Kier alpha value is -3.07. The van der Waals surface area contributed by atoms with Crippen LogP contribution in [0.2, 0.25) is 5.02 Å². The van der Waals surface area contributed by atoms with E-state index >= 15 is 0 Å². The van der Waals surface area contributed by atoms with Crippen molar-refractivity contribution in [3.05, 3.63) is 58.9 Å². The molecular formula is C17H12ClF3N4O2.